The van der Waals surface area contributed by atoms with Crippen LogP contribution in [0.2, 0.25) is 0 Å². The lowest BCUT2D eigenvalue weighted by atomic mass is 10.0. The number of carbonyl (C=O) groups is 2. The van der Waals surface area contributed by atoms with Gasteiger partial charge in [0.05, 0.1) is 17.9 Å². The van der Waals surface area contributed by atoms with Gasteiger partial charge in [0.25, 0.3) is 17.4 Å². The van der Waals surface area contributed by atoms with Gasteiger partial charge in [0.15, 0.2) is 0 Å². The van der Waals surface area contributed by atoms with E-state index in [0.29, 0.717) is 17.3 Å². The molecule has 0 fully saturated rings. The highest BCUT2D eigenvalue weighted by Crippen LogP contribution is 2.34. The van der Waals surface area contributed by atoms with Gasteiger partial charge in [0.1, 0.15) is 11.6 Å². The Balaban J connectivity index is 1.58. The molecule has 2 N–H and O–H groups in total. The topological polar surface area (TPSA) is 85.2 Å². The second-order valence-electron chi connectivity index (χ2n) is 6.79. The fourth-order valence-corrected chi connectivity index (χ4v) is 3.15. The molecule has 0 bridgehead atoms. The first kappa shape index (κ1) is 17.8. The van der Waals surface area contributed by atoms with Gasteiger partial charge < -0.3 is 15.4 Å². The molecular weight excluding hydrogens is 356 g/mol. The van der Waals surface area contributed by atoms with Gasteiger partial charge in [-0.3, -0.25) is 9.59 Å². The van der Waals surface area contributed by atoms with Crippen LogP contribution in [0.1, 0.15) is 25.5 Å². The molecule has 7 nitrogen and oxygen atoms in total. The van der Waals surface area contributed by atoms with E-state index in [1.807, 2.05) is 37.3 Å². The molecule has 0 aliphatic carbocycles. The SMILES string of the molecule is CC(c1ccccc1)n1nccc1NC(=O)C1(C)Oc2ccccc2NC1=O. The molecule has 1 aromatic heterocycles. The van der Waals surface area contributed by atoms with Crippen LogP contribution in [0.25, 0.3) is 0 Å². The second-order valence-corrected chi connectivity index (χ2v) is 6.79. The van der Waals surface area contributed by atoms with Crippen LogP contribution in [0.4, 0.5) is 11.5 Å². The third-order valence-electron chi connectivity index (χ3n) is 4.88. The lowest BCUT2D eigenvalue weighted by Gasteiger charge is -2.33. The standard InChI is InChI=1S/C21H20N4O3/c1-14(15-8-4-3-5-9-15)25-18(12-13-22-25)24-20(27)21(2)19(26)23-16-10-6-7-11-17(16)28-21/h3-14H,1-2H3,(H,23,26)(H,24,27). The molecule has 28 heavy (non-hydrogen) atoms. The summed E-state index contributed by atoms with van der Waals surface area (Å²) in [4.78, 5) is 25.6. The molecule has 0 saturated carbocycles. The van der Waals surface area contributed by atoms with Crippen molar-refractivity contribution < 1.29 is 14.3 Å². The van der Waals surface area contributed by atoms with E-state index in [4.69, 9.17) is 4.74 Å². The Morgan fingerprint density at radius 1 is 1.14 bits per heavy atom. The molecule has 0 spiro atoms. The van der Waals surface area contributed by atoms with Crippen LogP contribution in [0.3, 0.4) is 0 Å². The fourth-order valence-electron chi connectivity index (χ4n) is 3.15. The lowest BCUT2D eigenvalue weighted by Crippen LogP contribution is -2.56. The zero-order chi connectivity index (χ0) is 19.7. The fraction of sp³-hybridized carbons (Fsp3) is 0.190. The summed E-state index contributed by atoms with van der Waals surface area (Å²) < 4.78 is 7.47. The minimum Gasteiger partial charge on any atom is -0.466 e. The number of benzene rings is 2. The van der Waals surface area contributed by atoms with Crippen molar-refractivity contribution in [3.05, 3.63) is 72.4 Å². The van der Waals surface area contributed by atoms with Crippen molar-refractivity contribution in [2.75, 3.05) is 10.6 Å². The van der Waals surface area contributed by atoms with Gasteiger partial charge in [-0.05, 0) is 31.5 Å². The van der Waals surface area contributed by atoms with Gasteiger partial charge in [-0.25, -0.2) is 4.68 Å². The molecule has 3 aromatic rings. The van der Waals surface area contributed by atoms with Crippen molar-refractivity contribution in [2.45, 2.75) is 25.5 Å². The third kappa shape index (κ3) is 3.00. The Labute approximate surface area is 162 Å². The molecule has 2 unspecified atom stereocenters. The summed E-state index contributed by atoms with van der Waals surface area (Å²) in [6, 6.07) is 18.4. The first-order chi connectivity index (χ1) is 13.5. The summed E-state index contributed by atoms with van der Waals surface area (Å²) in [6.45, 7) is 3.44. The molecular formula is C21H20N4O3. The summed E-state index contributed by atoms with van der Waals surface area (Å²) >= 11 is 0. The number of ether oxygens (including phenoxy) is 1. The van der Waals surface area contributed by atoms with Crippen molar-refractivity contribution >= 4 is 23.3 Å². The highest BCUT2D eigenvalue weighted by Gasteiger charge is 2.47. The molecule has 1 aliphatic rings. The first-order valence-corrected chi connectivity index (χ1v) is 8.98. The van der Waals surface area contributed by atoms with Crippen LogP contribution in [0.5, 0.6) is 5.75 Å². The number of para-hydroxylation sites is 2. The summed E-state index contributed by atoms with van der Waals surface area (Å²) in [6.07, 6.45) is 1.61. The van der Waals surface area contributed by atoms with Crippen LogP contribution >= 0.6 is 0 Å². The van der Waals surface area contributed by atoms with E-state index in [1.54, 1.807) is 41.2 Å². The summed E-state index contributed by atoms with van der Waals surface area (Å²) in [5.74, 6) is -0.156. The number of nitrogens with zero attached hydrogens (tertiary/aromatic N) is 2. The average Bonchev–Trinajstić information content (AvgIpc) is 3.17. The van der Waals surface area contributed by atoms with Crippen molar-refractivity contribution in [1.82, 2.24) is 9.78 Å². The molecule has 0 radical (unpaired) electrons. The molecule has 2 heterocycles. The number of anilines is 2. The third-order valence-corrected chi connectivity index (χ3v) is 4.88. The Morgan fingerprint density at radius 2 is 1.86 bits per heavy atom. The molecule has 0 saturated heterocycles. The summed E-state index contributed by atoms with van der Waals surface area (Å²) in [5.41, 5.74) is -0.103. The molecule has 142 valence electrons. The molecule has 7 heteroatoms. The number of carbonyl (C=O) groups excluding carboxylic acids is 2. The predicted octanol–water partition coefficient (Wildman–Crippen LogP) is 3.22. The first-order valence-electron chi connectivity index (χ1n) is 8.98. The van der Waals surface area contributed by atoms with Crippen LogP contribution in [0.15, 0.2) is 66.9 Å². The van der Waals surface area contributed by atoms with Gasteiger partial charge in [-0.2, -0.15) is 5.10 Å². The maximum absolute atomic E-state index is 13.0. The zero-order valence-corrected chi connectivity index (χ0v) is 15.5. The van der Waals surface area contributed by atoms with Crippen LogP contribution in [0, 0.1) is 0 Å². The van der Waals surface area contributed by atoms with Crippen LogP contribution < -0.4 is 15.4 Å². The quantitative estimate of drug-likeness (QED) is 0.685. The number of amides is 2. The Bertz CT molecular complexity index is 1030. The normalized spacial score (nSPS) is 19.1. The number of nitrogens with one attached hydrogen (secondary N) is 2. The second kappa shape index (κ2) is 6.84. The van der Waals surface area contributed by atoms with Crippen molar-refractivity contribution in [2.24, 2.45) is 0 Å². The van der Waals surface area contributed by atoms with Gasteiger partial charge in [0, 0.05) is 6.07 Å². The van der Waals surface area contributed by atoms with E-state index in [0.717, 1.165) is 5.56 Å². The lowest BCUT2D eigenvalue weighted by molar-refractivity contribution is -0.143. The molecule has 1 aliphatic heterocycles. The highest BCUT2D eigenvalue weighted by atomic mass is 16.5. The average molecular weight is 376 g/mol. The predicted molar refractivity (Wildman–Crippen MR) is 105 cm³/mol. The zero-order valence-electron chi connectivity index (χ0n) is 15.5. The number of fused-ring (bicyclic) bond motifs is 1. The van der Waals surface area contributed by atoms with E-state index in [2.05, 4.69) is 15.7 Å². The Morgan fingerprint density at radius 3 is 2.64 bits per heavy atom. The van der Waals surface area contributed by atoms with Crippen LogP contribution in [-0.2, 0) is 9.59 Å². The van der Waals surface area contributed by atoms with Gasteiger partial charge >= 0.3 is 0 Å². The summed E-state index contributed by atoms with van der Waals surface area (Å²) in [5, 5.41) is 9.84. The summed E-state index contributed by atoms with van der Waals surface area (Å²) in [7, 11) is 0. The van der Waals surface area contributed by atoms with Gasteiger partial charge in [-0.1, -0.05) is 42.5 Å². The van der Waals surface area contributed by atoms with E-state index in [9.17, 15) is 9.59 Å². The Hall–Kier alpha value is -3.61. The molecule has 2 atom stereocenters. The molecule has 4 rings (SSSR count). The van der Waals surface area contributed by atoms with Crippen LogP contribution in [-0.4, -0.2) is 27.2 Å². The van der Waals surface area contributed by atoms with E-state index in [-0.39, 0.29) is 6.04 Å². The Kier molecular flexibility index (Phi) is 4.35. The largest absolute Gasteiger partial charge is 0.466 e. The maximum Gasteiger partial charge on any atom is 0.279 e. The number of hydrogen-bond acceptors (Lipinski definition) is 4. The number of aromatic nitrogens is 2. The molecule has 2 amide bonds. The van der Waals surface area contributed by atoms with Gasteiger partial charge in [0.2, 0.25) is 0 Å². The molecule has 2 aromatic carbocycles. The van der Waals surface area contributed by atoms with E-state index in [1.165, 1.54) is 6.92 Å². The maximum atomic E-state index is 13.0. The van der Waals surface area contributed by atoms with Crippen molar-refractivity contribution in [3.8, 4) is 5.75 Å². The van der Waals surface area contributed by atoms with E-state index < -0.39 is 17.4 Å². The van der Waals surface area contributed by atoms with Crippen molar-refractivity contribution in [3.63, 3.8) is 0 Å². The minimum absolute atomic E-state index is 0.0962. The smallest absolute Gasteiger partial charge is 0.279 e. The minimum atomic E-state index is -1.70. The highest BCUT2D eigenvalue weighted by molar-refractivity contribution is 6.18. The number of hydrogen-bond donors (Lipinski definition) is 2. The van der Waals surface area contributed by atoms with Gasteiger partial charge in [-0.15, -0.1) is 0 Å². The van der Waals surface area contributed by atoms with Crippen molar-refractivity contribution in [1.29, 1.82) is 0 Å². The van der Waals surface area contributed by atoms with E-state index >= 15 is 0 Å². The monoisotopic (exact) mass is 376 g/mol. The number of rotatable bonds is 4.